The Morgan fingerprint density at radius 3 is 1.00 bits per heavy atom. The largest absolute Gasteiger partial charge is 0.491 e. The lowest BCUT2D eigenvalue weighted by molar-refractivity contribution is 0.0719. The molecule has 44 heavy (non-hydrogen) atoms. The van der Waals surface area contributed by atoms with Crippen molar-refractivity contribution in [3.8, 4) is 11.5 Å². The highest BCUT2D eigenvalue weighted by molar-refractivity contribution is 6.78. The minimum absolute atomic E-state index is 0.482. The lowest BCUT2D eigenvalue weighted by atomic mass is 10.1. The van der Waals surface area contributed by atoms with Crippen LogP contribution in [0.5, 0.6) is 11.5 Å². The molecule has 252 valence electrons. The Bertz CT molecular complexity index is 957. The molecule has 0 spiro atoms. The summed E-state index contributed by atoms with van der Waals surface area (Å²) in [6.07, 6.45) is 0. The maximum atomic E-state index is 6.59. The standard InChI is InChI=1S/C36H64O6Si2/c1-27(2)43(28(3)4,29(5)6)41-25-21-37-19-23-39-35-17-13-16-34-33(35)15-14-18-36(34)40-24-20-38-22-26-42-44(30(7)8,31(9)10)32(11)12/h13-18,27-32H,19-26H2,1-12H3. The third-order valence-corrected chi connectivity index (χ3v) is 21.6. The number of benzene rings is 2. The highest BCUT2D eigenvalue weighted by atomic mass is 28.4. The summed E-state index contributed by atoms with van der Waals surface area (Å²) < 4.78 is 37.3. The van der Waals surface area contributed by atoms with Crippen LogP contribution in [-0.4, -0.2) is 69.5 Å². The smallest absolute Gasteiger partial charge is 0.200 e. The van der Waals surface area contributed by atoms with Gasteiger partial charge in [-0.2, -0.15) is 0 Å². The van der Waals surface area contributed by atoms with E-state index in [-0.39, 0.29) is 0 Å². The Hall–Kier alpha value is -1.43. The van der Waals surface area contributed by atoms with Crippen LogP contribution in [0.2, 0.25) is 33.2 Å². The number of hydrogen-bond acceptors (Lipinski definition) is 6. The summed E-state index contributed by atoms with van der Waals surface area (Å²) in [6.45, 7) is 32.2. The fourth-order valence-electron chi connectivity index (χ4n) is 7.68. The van der Waals surface area contributed by atoms with E-state index in [0.29, 0.717) is 86.1 Å². The molecule has 0 heterocycles. The Balaban J connectivity index is 1.80. The van der Waals surface area contributed by atoms with E-state index in [1.54, 1.807) is 0 Å². The van der Waals surface area contributed by atoms with Crippen LogP contribution in [-0.2, 0) is 18.3 Å². The SMILES string of the molecule is CC(C)[Si](OCCOCCOc1cccc2c(OCCOCCO[Si](C(C)C)(C(C)C)C(C)C)cccc12)(C(C)C)C(C)C. The van der Waals surface area contributed by atoms with Gasteiger partial charge in [0.1, 0.15) is 24.7 Å². The highest BCUT2D eigenvalue weighted by Gasteiger charge is 2.45. The number of ether oxygens (including phenoxy) is 4. The molecule has 0 aromatic heterocycles. The molecular weight excluding hydrogens is 585 g/mol. The van der Waals surface area contributed by atoms with Crippen LogP contribution in [0.1, 0.15) is 83.1 Å². The topological polar surface area (TPSA) is 55.4 Å². The molecule has 2 aromatic rings. The number of rotatable bonds is 22. The van der Waals surface area contributed by atoms with Crippen molar-refractivity contribution < 1.29 is 27.8 Å². The normalized spacial score (nSPS) is 13.0. The summed E-state index contributed by atoms with van der Waals surface area (Å²) >= 11 is 0. The molecule has 0 unspecified atom stereocenters. The summed E-state index contributed by atoms with van der Waals surface area (Å²) in [6, 6.07) is 12.2. The number of hydrogen-bond donors (Lipinski definition) is 0. The molecule has 6 nitrogen and oxygen atoms in total. The first kappa shape index (κ1) is 38.8. The van der Waals surface area contributed by atoms with Crippen LogP contribution in [0.3, 0.4) is 0 Å². The zero-order chi connectivity index (χ0) is 32.9. The molecule has 0 aliphatic rings. The molecule has 0 bridgehead atoms. The van der Waals surface area contributed by atoms with Gasteiger partial charge in [0.15, 0.2) is 16.6 Å². The fourth-order valence-corrected chi connectivity index (χ4v) is 18.6. The summed E-state index contributed by atoms with van der Waals surface area (Å²) in [5, 5.41) is 2.06. The average molecular weight is 649 g/mol. The lowest BCUT2D eigenvalue weighted by Gasteiger charge is -2.42. The van der Waals surface area contributed by atoms with Gasteiger partial charge in [0.2, 0.25) is 0 Å². The lowest BCUT2D eigenvalue weighted by Crippen LogP contribution is -2.48. The van der Waals surface area contributed by atoms with Crippen molar-refractivity contribution in [3.05, 3.63) is 36.4 Å². The van der Waals surface area contributed by atoms with Gasteiger partial charge in [0.25, 0.3) is 0 Å². The first-order valence-electron chi connectivity index (χ1n) is 17.0. The molecule has 8 heteroatoms. The Kier molecular flexibility index (Phi) is 16.4. The fraction of sp³-hybridized carbons (Fsp3) is 0.722. The van der Waals surface area contributed by atoms with Crippen molar-refractivity contribution in [2.24, 2.45) is 0 Å². The van der Waals surface area contributed by atoms with E-state index in [9.17, 15) is 0 Å². The number of fused-ring (bicyclic) bond motifs is 1. The molecule has 2 aromatic carbocycles. The van der Waals surface area contributed by atoms with E-state index in [4.69, 9.17) is 27.8 Å². The summed E-state index contributed by atoms with van der Waals surface area (Å²) in [7, 11) is -3.71. The average Bonchev–Trinajstić information content (AvgIpc) is 2.94. The van der Waals surface area contributed by atoms with Crippen LogP contribution in [0.25, 0.3) is 10.8 Å². The van der Waals surface area contributed by atoms with Crippen LogP contribution < -0.4 is 9.47 Å². The van der Waals surface area contributed by atoms with Crippen molar-refractivity contribution in [3.63, 3.8) is 0 Å². The van der Waals surface area contributed by atoms with Gasteiger partial charge in [0.05, 0.1) is 39.6 Å². The highest BCUT2D eigenvalue weighted by Crippen LogP contribution is 2.43. The van der Waals surface area contributed by atoms with Gasteiger partial charge in [-0.25, -0.2) is 0 Å². The van der Waals surface area contributed by atoms with Gasteiger partial charge in [-0.15, -0.1) is 0 Å². The van der Waals surface area contributed by atoms with E-state index in [2.05, 4.69) is 95.2 Å². The van der Waals surface area contributed by atoms with E-state index in [0.717, 1.165) is 22.3 Å². The minimum atomic E-state index is -1.86. The van der Waals surface area contributed by atoms with E-state index in [1.165, 1.54) is 0 Å². The molecule has 0 amide bonds. The Labute approximate surface area is 271 Å². The van der Waals surface area contributed by atoms with Crippen LogP contribution in [0.15, 0.2) is 36.4 Å². The molecular formula is C36H64O6Si2. The van der Waals surface area contributed by atoms with E-state index >= 15 is 0 Å². The molecule has 0 radical (unpaired) electrons. The molecule has 0 aliphatic carbocycles. The van der Waals surface area contributed by atoms with Gasteiger partial charge in [-0.3, -0.25) is 0 Å². The molecule has 0 fully saturated rings. The molecule has 0 atom stereocenters. The quantitative estimate of drug-likeness (QED) is 0.0936. The van der Waals surface area contributed by atoms with Crippen LogP contribution in [0.4, 0.5) is 0 Å². The molecule has 2 rings (SSSR count). The maximum Gasteiger partial charge on any atom is 0.200 e. The monoisotopic (exact) mass is 648 g/mol. The predicted molar refractivity (Wildman–Crippen MR) is 191 cm³/mol. The predicted octanol–water partition coefficient (Wildman–Crippen LogP) is 10.0. The Morgan fingerprint density at radius 2 is 0.705 bits per heavy atom. The Morgan fingerprint density at radius 1 is 0.409 bits per heavy atom. The van der Waals surface area contributed by atoms with E-state index in [1.807, 2.05) is 24.3 Å². The summed E-state index contributed by atoms with van der Waals surface area (Å²) in [5.41, 5.74) is 3.44. The van der Waals surface area contributed by atoms with Gasteiger partial charge >= 0.3 is 0 Å². The first-order valence-corrected chi connectivity index (χ1v) is 21.3. The third-order valence-electron chi connectivity index (χ3n) is 9.39. The molecule has 0 N–H and O–H groups in total. The van der Waals surface area contributed by atoms with Crippen molar-refractivity contribution >= 4 is 27.4 Å². The molecule has 0 saturated heterocycles. The summed E-state index contributed by atoms with van der Waals surface area (Å²) in [4.78, 5) is 0. The minimum Gasteiger partial charge on any atom is -0.491 e. The van der Waals surface area contributed by atoms with Crippen LogP contribution >= 0.6 is 0 Å². The van der Waals surface area contributed by atoms with Gasteiger partial charge in [0, 0.05) is 10.8 Å². The van der Waals surface area contributed by atoms with E-state index < -0.39 is 16.6 Å². The van der Waals surface area contributed by atoms with Crippen molar-refractivity contribution in [2.75, 3.05) is 52.9 Å². The summed E-state index contributed by atoms with van der Waals surface area (Å²) in [5.74, 6) is 1.67. The second kappa shape index (κ2) is 18.7. The van der Waals surface area contributed by atoms with Crippen LogP contribution in [0, 0.1) is 0 Å². The zero-order valence-electron chi connectivity index (χ0n) is 30.0. The van der Waals surface area contributed by atoms with Gasteiger partial charge in [-0.05, 0) is 45.4 Å². The first-order chi connectivity index (χ1) is 20.8. The van der Waals surface area contributed by atoms with Crippen molar-refractivity contribution in [2.45, 2.75) is 116 Å². The molecule has 0 saturated carbocycles. The third kappa shape index (κ3) is 9.79. The van der Waals surface area contributed by atoms with Gasteiger partial charge in [-0.1, -0.05) is 107 Å². The maximum absolute atomic E-state index is 6.59. The molecule has 0 aliphatic heterocycles. The second-order valence-electron chi connectivity index (χ2n) is 13.9. The van der Waals surface area contributed by atoms with Crippen molar-refractivity contribution in [1.82, 2.24) is 0 Å². The van der Waals surface area contributed by atoms with Gasteiger partial charge < -0.3 is 27.8 Å². The second-order valence-corrected chi connectivity index (χ2v) is 24.8. The zero-order valence-corrected chi connectivity index (χ0v) is 32.0. The van der Waals surface area contributed by atoms with Crippen molar-refractivity contribution in [1.29, 1.82) is 0 Å².